The van der Waals surface area contributed by atoms with E-state index in [0.717, 1.165) is 0 Å². The Balaban J connectivity index is 2.11. The van der Waals surface area contributed by atoms with Gasteiger partial charge in [0.15, 0.2) is 13.2 Å². The molecule has 1 aliphatic rings. The molecule has 2 aromatic rings. The minimum absolute atomic E-state index is 0.178. The molecule has 0 spiro atoms. The van der Waals surface area contributed by atoms with Gasteiger partial charge in [-0.05, 0) is 71.7 Å². The topological polar surface area (TPSA) is 71.1 Å². The van der Waals surface area contributed by atoms with Crippen LogP contribution in [0.2, 0.25) is 36.3 Å². The molecule has 0 amide bonds. The molecule has 0 saturated heterocycles. The molecule has 2 aromatic carbocycles. The molecule has 0 bridgehead atoms. The Morgan fingerprint density at radius 1 is 0.577 bits per heavy atom. The van der Waals surface area contributed by atoms with Crippen molar-refractivity contribution in [2.45, 2.75) is 114 Å². The fraction of sp³-hybridized carbons (Fsp3) is 0.611. The lowest BCUT2D eigenvalue weighted by Crippen LogP contribution is -2.53. The highest BCUT2D eigenvalue weighted by Gasteiger charge is 2.60. The van der Waals surface area contributed by atoms with E-state index >= 15 is 0 Å². The molecule has 0 aliphatic heterocycles. The molecule has 1 aliphatic carbocycles. The summed E-state index contributed by atoms with van der Waals surface area (Å²) in [4.78, 5) is 27.1. The maximum atomic E-state index is 13.9. The van der Waals surface area contributed by atoms with Gasteiger partial charge >= 0.3 is 36.6 Å². The molecule has 1 fully saturated rings. The summed E-state index contributed by atoms with van der Waals surface area (Å²) in [7, 11) is -4.66. The Hall–Kier alpha value is -3.15. The van der Waals surface area contributed by atoms with Crippen LogP contribution >= 0.6 is 0 Å². The van der Waals surface area contributed by atoms with Crippen molar-refractivity contribution in [1.29, 1.82) is 0 Å². The number of esters is 2. The zero-order chi connectivity index (χ0) is 39.8. The van der Waals surface area contributed by atoms with Gasteiger partial charge in [0.05, 0.1) is 11.8 Å². The first-order chi connectivity index (χ1) is 23.5. The number of alkyl halides is 8. The van der Waals surface area contributed by atoms with Gasteiger partial charge in [0, 0.05) is 11.8 Å². The van der Waals surface area contributed by atoms with E-state index in [2.05, 4.69) is 0 Å². The molecule has 6 nitrogen and oxygen atoms in total. The first-order valence-corrected chi connectivity index (χ1v) is 22.6. The van der Waals surface area contributed by atoms with Crippen molar-refractivity contribution < 1.29 is 63.0 Å². The molecular formula is C36H48F8O6Si2. The van der Waals surface area contributed by atoms with Crippen LogP contribution in [0.1, 0.15) is 64.5 Å². The normalized spacial score (nSPS) is 20.4. The summed E-state index contributed by atoms with van der Waals surface area (Å²) in [5.74, 6) is -16.7. The average Bonchev–Trinajstić information content (AvgIpc) is 2.99. The van der Waals surface area contributed by atoms with E-state index in [9.17, 15) is 44.7 Å². The summed E-state index contributed by atoms with van der Waals surface area (Å²) in [6.45, 7) is 16.2. The van der Waals surface area contributed by atoms with E-state index in [4.69, 9.17) is 18.3 Å². The molecule has 1 saturated carbocycles. The fourth-order valence-corrected chi connectivity index (χ4v) is 7.29. The van der Waals surface area contributed by atoms with Gasteiger partial charge in [-0.3, -0.25) is 9.59 Å². The number of carbonyl (C=O) groups is 2. The van der Waals surface area contributed by atoms with Crippen molar-refractivity contribution >= 4 is 28.6 Å². The van der Waals surface area contributed by atoms with Crippen molar-refractivity contribution in [2.24, 2.45) is 11.8 Å². The SMILES string of the molecule is CC(C)(C)[Si](C)(C)Oc1ccc(C2C(C(=O)OCC(F)(F)C(F)F)C(c3ccc(O[Si](C)(C)C(C)(C)C)cc3)C2C(=O)OCC(F)(F)C(F)F)cc1. The van der Waals surface area contributed by atoms with E-state index < -0.39 is 90.2 Å². The number of ether oxygens (including phenoxy) is 2. The molecule has 0 unspecified atom stereocenters. The second kappa shape index (κ2) is 15.3. The van der Waals surface area contributed by atoms with Crippen LogP contribution in [0, 0.1) is 11.8 Å². The summed E-state index contributed by atoms with van der Waals surface area (Å²) in [5, 5.41) is -0.356. The molecule has 16 heteroatoms. The van der Waals surface area contributed by atoms with Crippen LogP contribution in [-0.4, -0.2) is 66.5 Å². The Labute approximate surface area is 301 Å². The molecule has 0 aromatic heterocycles. The lowest BCUT2D eigenvalue weighted by atomic mass is 9.52. The quantitative estimate of drug-likeness (QED) is 0.108. The third kappa shape index (κ3) is 9.69. The largest absolute Gasteiger partial charge is 0.544 e. The molecule has 0 radical (unpaired) electrons. The molecule has 52 heavy (non-hydrogen) atoms. The van der Waals surface area contributed by atoms with Crippen molar-refractivity contribution in [3.63, 3.8) is 0 Å². The Morgan fingerprint density at radius 3 is 1.08 bits per heavy atom. The monoisotopic (exact) mass is 784 g/mol. The molecule has 0 atom stereocenters. The molecule has 292 valence electrons. The van der Waals surface area contributed by atoms with Gasteiger partial charge in [0.1, 0.15) is 11.5 Å². The lowest BCUT2D eigenvalue weighted by Gasteiger charge is -2.49. The highest BCUT2D eigenvalue weighted by Crippen LogP contribution is 2.59. The average molecular weight is 785 g/mol. The molecular weight excluding hydrogens is 737 g/mol. The van der Waals surface area contributed by atoms with Gasteiger partial charge in [-0.15, -0.1) is 0 Å². The number of carbonyl (C=O) groups excluding carboxylic acids is 2. The van der Waals surface area contributed by atoms with E-state index in [1.54, 1.807) is 24.3 Å². The molecule has 0 heterocycles. The minimum atomic E-state index is -4.69. The second-order valence-corrected chi connectivity index (χ2v) is 25.8. The number of hydrogen-bond acceptors (Lipinski definition) is 6. The first kappa shape index (κ1) is 43.3. The summed E-state index contributed by atoms with van der Waals surface area (Å²) in [6.07, 6.45) is -8.29. The van der Waals surface area contributed by atoms with Crippen molar-refractivity contribution in [2.75, 3.05) is 13.2 Å². The van der Waals surface area contributed by atoms with Crippen LogP contribution in [0.5, 0.6) is 11.5 Å². The number of halogens is 8. The van der Waals surface area contributed by atoms with Crippen molar-refractivity contribution in [1.82, 2.24) is 0 Å². The van der Waals surface area contributed by atoms with Crippen LogP contribution in [0.4, 0.5) is 35.1 Å². The molecule has 3 rings (SSSR count). The number of hydrogen-bond donors (Lipinski definition) is 0. The summed E-state index contributed by atoms with van der Waals surface area (Å²) in [5.41, 5.74) is 0.476. The Bertz CT molecular complexity index is 1410. The van der Waals surface area contributed by atoms with Crippen molar-refractivity contribution in [3.8, 4) is 11.5 Å². The van der Waals surface area contributed by atoms with Gasteiger partial charge in [-0.25, -0.2) is 17.6 Å². The summed E-state index contributed by atoms with van der Waals surface area (Å²) in [6, 6.07) is 12.2. The predicted molar refractivity (Wildman–Crippen MR) is 185 cm³/mol. The zero-order valence-electron chi connectivity index (χ0n) is 31.0. The highest BCUT2D eigenvalue weighted by atomic mass is 28.4. The maximum Gasteiger partial charge on any atom is 0.340 e. The minimum Gasteiger partial charge on any atom is -0.544 e. The predicted octanol–water partition coefficient (Wildman–Crippen LogP) is 10.5. The Morgan fingerprint density at radius 2 is 0.846 bits per heavy atom. The fourth-order valence-electron chi connectivity index (χ4n) is 5.23. The van der Waals surface area contributed by atoms with Gasteiger partial charge in [-0.1, -0.05) is 65.8 Å². The van der Waals surface area contributed by atoms with E-state index in [0.29, 0.717) is 11.5 Å². The zero-order valence-corrected chi connectivity index (χ0v) is 33.0. The van der Waals surface area contributed by atoms with Gasteiger partial charge in [-0.2, -0.15) is 17.6 Å². The van der Waals surface area contributed by atoms with Gasteiger partial charge in [0.25, 0.3) is 0 Å². The van der Waals surface area contributed by atoms with E-state index in [-0.39, 0.29) is 21.2 Å². The summed E-state index contributed by atoms with van der Waals surface area (Å²) >= 11 is 0. The Kier molecular flexibility index (Phi) is 12.7. The first-order valence-electron chi connectivity index (χ1n) is 16.8. The van der Waals surface area contributed by atoms with Crippen LogP contribution in [0.15, 0.2) is 48.5 Å². The van der Waals surface area contributed by atoms with Crippen LogP contribution in [-0.2, 0) is 19.1 Å². The third-order valence-electron chi connectivity index (χ3n) is 10.4. The second-order valence-electron chi connectivity index (χ2n) is 16.3. The summed E-state index contributed by atoms with van der Waals surface area (Å²) < 4.78 is 129. The maximum absolute atomic E-state index is 13.9. The number of rotatable bonds is 14. The number of benzene rings is 2. The van der Waals surface area contributed by atoms with Gasteiger partial charge in [0.2, 0.25) is 16.6 Å². The van der Waals surface area contributed by atoms with Crippen LogP contribution in [0.3, 0.4) is 0 Å². The smallest absolute Gasteiger partial charge is 0.340 e. The van der Waals surface area contributed by atoms with E-state index in [1.165, 1.54) is 24.3 Å². The lowest BCUT2D eigenvalue weighted by molar-refractivity contribution is -0.195. The van der Waals surface area contributed by atoms with E-state index in [1.807, 2.05) is 67.7 Å². The highest BCUT2D eigenvalue weighted by molar-refractivity contribution is 6.75. The standard InChI is InChI=1S/C36H48F8O6Si2/c1-33(2,3)51(7,8)49-23-15-11-21(12-16-23)25-27(29(45)47-19-35(41,42)31(37)38)26(28(25)30(46)48-20-36(43,44)32(39)40)22-13-17-24(18-14-22)50-52(9,10)34(4,5)6/h11-18,25-28,31-32H,19-20H2,1-10H3. The van der Waals surface area contributed by atoms with Crippen LogP contribution < -0.4 is 8.85 Å². The van der Waals surface area contributed by atoms with Crippen LogP contribution in [0.25, 0.3) is 0 Å². The van der Waals surface area contributed by atoms with Gasteiger partial charge < -0.3 is 18.3 Å². The van der Waals surface area contributed by atoms with Crippen molar-refractivity contribution in [3.05, 3.63) is 59.7 Å². The third-order valence-corrected chi connectivity index (χ3v) is 19.1. The molecule has 0 N–H and O–H groups in total.